The number of hydrogen-bond acceptors (Lipinski definition) is 3. The fourth-order valence-corrected chi connectivity index (χ4v) is 1.71. The molecule has 2 amide bonds. The largest absolute Gasteiger partial charge is 0.481 e. The van der Waals surface area contributed by atoms with Gasteiger partial charge >= 0.3 is 5.97 Å². The monoisotopic (exact) mass is 324 g/mol. The van der Waals surface area contributed by atoms with E-state index in [0.717, 1.165) is 6.07 Å². The number of carbonyl (C=O) groups excluding carboxylic acids is 2. The zero-order valence-electron chi connectivity index (χ0n) is 13.4. The molecule has 0 unspecified atom stereocenters. The third kappa shape index (κ3) is 6.46. The standard InChI is InChI=1S/C16H21FN2O4/c1-16(2,3)15(23)18-7-6-13(20)19-11-5-4-10(8-14(21)22)12(17)9-11/h4-5,9H,6-8H2,1-3H3,(H,18,23)(H,19,20)(H,21,22). The minimum atomic E-state index is -1.13. The fourth-order valence-electron chi connectivity index (χ4n) is 1.71. The highest BCUT2D eigenvalue weighted by molar-refractivity contribution is 5.91. The van der Waals surface area contributed by atoms with Gasteiger partial charge in [0.2, 0.25) is 11.8 Å². The molecule has 0 fully saturated rings. The Kier molecular flexibility index (Phi) is 6.24. The van der Waals surface area contributed by atoms with Crippen LogP contribution in [0.25, 0.3) is 0 Å². The van der Waals surface area contributed by atoms with Gasteiger partial charge in [-0.2, -0.15) is 0 Å². The highest BCUT2D eigenvalue weighted by atomic mass is 19.1. The van der Waals surface area contributed by atoms with E-state index in [9.17, 15) is 18.8 Å². The van der Waals surface area contributed by atoms with E-state index in [2.05, 4.69) is 10.6 Å². The molecule has 126 valence electrons. The first-order valence-corrected chi connectivity index (χ1v) is 7.18. The molecule has 0 atom stereocenters. The SMILES string of the molecule is CC(C)(C)C(=O)NCCC(=O)Nc1ccc(CC(=O)O)c(F)c1. The van der Waals surface area contributed by atoms with Gasteiger partial charge in [-0.25, -0.2) is 4.39 Å². The van der Waals surface area contributed by atoms with Crippen LogP contribution >= 0.6 is 0 Å². The van der Waals surface area contributed by atoms with Gasteiger partial charge in [0.05, 0.1) is 6.42 Å². The van der Waals surface area contributed by atoms with Crippen molar-refractivity contribution in [3.63, 3.8) is 0 Å². The Labute approximate surface area is 134 Å². The molecule has 0 saturated carbocycles. The van der Waals surface area contributed by atoms with Crippen molar-refractivity contribution in [2.75, 3.05) is 11.9 Å². The van der Waals surface area contributed by atoms with Crippen molar-refractivity contribution >= 4 is 23.5 Å². The van der Waals surface area contributed by atoms with Gasteiger partial charge in [-0.3, -0.25) is 14.4 Å². The third-order valence-electron chi connectivity index (χ3n) is 3.00. The Hall–Kier alpha value is -2.44. The summed E-state index contributed by atoms with van der Waals surface area (Å²) in [5, 5.41) is 13.8. The van der Waals surface area contributed by atoms with Gasteiger partial charge in [0.25, 0.3) is 0 Å². The number of nitrogens with one attached hydrogen (secondary N) is 2. The van der Waals surface area contributed by atoms with E-state index in [1.54, 1.807) is 20.8 Å². The number of carboxylic acid groups (broad SMARTS) is 1. The number of amides is 2. The van der Waals surface area contributed by atoms with Gasteiger partial charge < -0.3 is 15.7 Å². The number of anilines is 1. The maximum atomic E-state index is 13.7. The molecule has 6 nitrogen and oxygen atoms in total. The molecule has 0 spiro atoms. The predicted octanol–water partition coefficient (Wildman–Crippen LogP) is 1.94. The van der Waals surface area contributed by atoms with Gasteiger partial charge in [-0.05, 0) is 17.7 Å². The number of aliphatic carboxylic acids is 1. The van der Waals surface area contributed by atoms with Gasteiger partial charge in [0, 0.05) is 24.1 Å². The van der Waals surface area contributed by atoms with Gasteiger partial charge in [0.1, 0.15) is 5.82 Å². The van der Waals surface area contributed by atoms with E-state index in [4.69, 9.17) is 5.11 Å². The van der Waals surface area contributed by atoms with Crippen molar-refractivity contribution in [2.45, 2.75) is 33.6 Å². The summed E-state index contributed by atoms with van der Waals surface area (Å²) in [7, 11) is 0. The first-order chi connectivity index (χ1) is 10.6. The summed E-state index contributed by atoms with van der Waals surface area (Å²) < 4.78 is 13.7. The Bertz CT molecular complexity index is 609. The molecule has 0 heterocycles. The Morgan fingerprint density at radius 3 is 2.39 bits per heavy atom. The molecular weight excluding hydrogens is 303 g/mol. The lowest BCUT2D eigenvalue weighted by molar-refractivity contribution is -0.136. The molecule has 0 aromatic heterocycles. The molecule has 3 N–H and O–H groups in total. The summed E-state index contributed by atoms with van der Waals surface area (Å²) >= 11 is 0. The summed E-state index contributed by atoms with van der Waals surface area (Å²) in [6.45, 7) is 5.49. The summed E-state index contributed by atoms with van der Waals surface area (Å²) in [6, 6.07) is 3.83. The zero-order chi connectivity index (χ0) is 17.6. The van der Waals surface area contributed by atoms with Gasteiger partial charge in [0.15, 0.2) is 0 Å². The molecule has 1 rings (SSSR count). The first-order valence-electron chi connectivity index (χ1n) is 7.18. The summed E-state index contributed by atoms with van der Waals surface area (Å²) in [6.07, 6.45) is -0.362. The van der Waals surface area contributed by atoms with E-state index in [-0.39, 0.29) is 36.0 Å². The number of benzene rings is 1. The van der Waals surface area contributed by atoms with Crippen molar-refractivity contribution in [2.24, 2.45) is 5.41 Å². The molecule has 23 heavy (non-hydrogen) atoms. The van der Waals surface area contributed by atoms with Crippen molar-refractivity contribution < 1.29 is 23.9 Å². The second-order valence-corrected chi connectivity index (χ2v) is 6.18. The fraction of sp³-hybridized carbons (Fsp3) is 0.438. The maximum Gasteiger partial charge on any atom is 0.307 e. The van der Waals surface area contributed by atoms with Crippen LogP contribution in [0.15, 0.2) is 18.2 Å². The van der Waals surface area contributed by atoms with Crippen molar-refractivity contribution in [3.05, 3.63) is 29.6 Å². The van der Waals surface area contributed by atoms with Crippen LogP contribution < -0.4 is 10.6 Å². The third-order valence-corrected chi connectivity index (χ3v) is 3.00. The number of rotatable bonds is 6. The number of carbonyl (C=O) groups is 3. The highest BCUT2D eigenvalue weighted by Gasteiger charge is 2.20. The van der Waals surface area contributed by atoms with Crippen LogP contribution in [-0.4, -0.2) is 29.4 Å². The van der Waals surface area contributed by atoms with Crippen LogP contribution in [0.3, 0.4) is 0 Å². The Morgan fingerprint density at radius 2 is 1.87 bits per heavy atom. The molecular formula is C16H21FN2O4. The second-order valence-electron chi connectivity index (χ2n) is 6.18. The molecule has 0 saturated heterocycles. The summed E-state index contributed by atoms with van der Waals surface area (Å²) in [5.41, 5.74) is -0.240. The van der Waals surface area contributed by atoms with E-state index < -0.39 is 23.6 Å². The van der Waals surface area contributed by atoms with Crippen LogP contribution in [0.5, 0.6) is 0 Å². The van der Waals surface area contributed by atoms with E-state index in [1.807, 2.05) is 0 Å². The quantitative estimate of drug-likeness (QED) is 0.745. The number of carboxylic acids is 1. The minimum absolute atomic E-state index is 0.0490. The Morgan fingerprint density at radius 1 is 1.22 bits per heavy atom. The van der Waals surface area contributed by atoms with Crippen LogP contribution in [-0.2, 0) is 20.8 Å². The zero-order valence-corrected chi connectivity index (χ0v) is 13.4. The number of hydrogen-bond donors (Lipinski definition) is 3. The van der Waals surface area contributed by atoms with Crippen LogP contribution in [0.4, 0.5) is 10.1 Å². The smallest absolute Gasteiger partial charge is 0.307 e. The lowest BCUT2D eigenvalue weighted by Gasteiger charge is -2.17. The Balaban J connectivity index is 2.50. The average Bonchev–Trinajstić information content (AvgIpc) is 2.40. The number of halogens is 1. The molecule has 0 aliphatic heterocycles. The van der Waals surface area contributed by atoms with E-state index in [0.29, 0.717) is 0 Å². The summed E-state index contributed by atoms with van der Waals surface area (Å²) in [5.74, 6) is -2.35. The first kappa shape index (κ1) is 18.6. The van der Waals surface area contributed by atoms with Gasteiger partial charge in [-0.1, -0.05) is 26.8 Å². The van der Waals surface area contributed by atoms with Gasteiger partial charge in [-0.15, -0.1) is 0 Å². The molecule has 0 aliphatic carbocycles. The molecule has 1 aromatic rings. The predicted molar refractivity (Wildman–Crippen MR) is 83.5 cm³/mol. The van der Waals surface area contributed by atoms with Crippen LogP contribution in [0, 0.1) is 11.2 Å². The van der Waals surface area contributed by atoms with Crippen LogP contribution in [0.1, 0.15) is 32.8 Å². The average molecular weight is 324 g/mol. The van der Waals surface area contributed by atoms with Crippen LogP contribution in [0.2, 0.25) is 0 Å². The molecule has 0 aliphatic rings. The minimum Gasteiger partial charge on any atom is -0.481 e. The lowest BCUT2D eigenvalue weighted by atomic mass is 9.96. The second kappa shape index (κ2) is 7.71. The van der Waals surface area contributed by atoms with Crippen molar-refractivity contribution in [1.82, 2.24) is 5.32 Å². The highest BCUT2D eigenvalue weighted by Crippen LogP contribution is 2.15. The molecule has 0 bridgehead atoms. The maximum absolute atomic E-state index is 13.7. The molecule has 0 radical (unpaired) electrons. The molecule has 1 aromatic carbocycles. The van der Waals surface area contributed by atoms with E-state index >= 15 is 0 Å². The lowest BCUT2D eigenvalue weighted by Crippen LogP contribution is -2.36. The molecule has 7 heteroatoms. The van der Waals surface area contributed by atoms with Crippen molar-refractivity contribution in [1.29, 1.82) is 0 Å². The summed E-state index contributed by atoms with van der Waals surface area (Å²) in [4.78, 5) is 33.9. The van der Waals surface area contributed by atoms with E-state index in [1.165, 1.54) is 12.1 Å². The topological polar surface area (TPSA) is 95.5 Å². The normalized spacial score (nSPS) is 11.0. The van der Waals surface area contributed by atoms with Crippen molar-refractivity contribution in [3.8, 4) is 0 Å².